The van der Waals surface area contributed by atoms with Crippen LogP contribution in [-0.2, 0) is 0 Å². The van der Waals surface area contributed by atoms with Crippen molar-refractivity contribution in [1.82, 2.24) is 4.98 Å². The summed E-state index contributed by atoms with van der Waals surface area (Å²) in [5, 5.41) is 18.6. The quantitative estimate of drug-likeness (QED) is 0.576. The zero-order chi connectivity index (χ0) is 19.8. The maximum Gasteiger partial charge on any atom is 0.573 e. The number of aromatic amines is 1. The van der Waals surface area contributed by atoms with E-state index in [0.29, 0.717) is 0 Å². The summed E-state index contributed by atoms with van der Waals surface area (Å²) in [5.74, 6) is -4.88. The van der Waals surface area contributed by atoms with Crippen molar-refractivity contribution < 1.29 is 37.7 Å². The van der Waals surface area contributed by atoms with Crippen molar-refractivity contribution in [3.8, 4) is 16.9 Å². The first-order valence-electron chi connectivity index (χ1n) is 6.49. The van der Waals surface area contributed by atoms with Crippen LogP contribution in [-0.4, -0.2) is 33.5 Å². The van der Waals surface area contributed by atoms with Crippen LogP contribution >= 0.6 is 15.9 Å². The smallest absolute Gasteiger partial charge is 0.478 e. The Morgan fingerprint density at radius 1 is 1.12 bits per heavy atom. The molecule has 0 bridgehead atoms. The average molecular weight is 437 g/mol. The molecule has 0 saturated carbocycles. The molecule has 0 saturated heterocycles. The van der Waals surface area contributed by atoms with Gasteiger partial charge in [0.2, 0.25) is 0 Å². The number of hydrogen-bond acceptors (Lipinski definition) is 5. The van der Waals surface area contributed by atoms with E-state index in [4.69, 9.17) is 5.73 Å². The summed E-state index contributed by atoms with van der Waals surface area (Å²) in [7, 11) is 0. The fraction of sp³-hybridized carbons (Fsp3) is 0.0714. The van der Waals surface area contributed by atoms with Gasteiger partial charge in [-0.25, -0.2) is 9.59 Å². The number of carbonyl (C=O) groups is 2. The molecule has 26 heavy (non-hydrogen) atoms. The summed E-state index contributed by atoms with van der Waals surface area (Å²) in [6, 6.07) is 2.79. The second kappa shape index (κ2) is 6.71. The fourth-order valence-corrected chi connectivity index (χ4v) is 2.71. The normalized spacial score (nSPS) is 11.2. The Kier molecular flexibility index (Phi) is 4.98. The Bertz CT molecular complexity index is 970. The van der Waals surface area contributed by atoms with Crippen LogP contribution in [0, 0.1) is 0 Å². The molecule has 2 aromatic rings. The number of aromatic carboxylic acids is 2. The summed E-state index contributed by atoms with van der Waals surface area (Å²) >= 11 is 2.92. The molecule has 8 nitrogen and oxygen atoms in total. The first kappa shape index (κ1) is 19.3. The highest BCUT2D eigenvalue weighted by Crippen LogP contribution is 2.35. The number of pyridine rings is 1. The van der Waals surface area contributed by atoms with Crippen molar-refractivity contribution in [3.05, 3.63) is 44.2 Å². The predicted molar refractivity (Wildman–Crippen MR) is 85.2 cm³/mol. The number of alkyl halides is 3. The van der Waals surface area contributed by atoms with Gasteiger partial charge < -0.3 is 25.7 Å². The lowest BCUT2D eigenvalue weighted by Gasteiger charge is -2.15. The number of carboxylic acid groups (broad SMARTS) is 2. The minimum atomic E-state index is -5.05. The van der Waals surface area contributed by atoms with Gasteiger partial charge >= 0.3 is 18.3 Å². The van der Waals surface area contributed by atoms with Gasteiger partial charge in [0.15, 0.2) is 0 Å². The standard InChI is InChI=1S/C14H8BrF3N2O6/c15-5-1-4(2-6(3-5)26-14(16,17)18)7-8(12(22)23)10(19)20-11(21)9(7)13(24)25/h1-3H,(H,22,23)(H,24,25)(H3,19,20,21). The van der Waals surface area contributed by atoms with Crippen LogP contribution in [0.3, 0.4) is 0 Å². The molecule has 0 unspecified atom stereocenters. The third kappa shape index (κ3) is 3.96. The Balaban J connectivity index is 2.89. The SMILES string of the molecule is Nc1[nH]c(=O)c(C(=O)O)c(-c2cc(Br)cc(OC(F)(F)F)c2)c1C(=O)O. The number of halogens is 4. The maximum atomic E-state index is 12.4. The van der Waals surface area contributed by atoms with Gasteiger partial charge in [0.1, 0.15) is 22.7 Å². The van der Waals surface area contributed by atoms with Crippen LogP contribution in [0.15, 0.2) is 27.5 Å². The van der Waals surface area contributed by atoms with Crippen LogP contribution in [0.25, 0.3) is 11.1 Å². The first-order valence-corrected chi connectivity index (χ1v) is 7.29. The summed E-state index contributed by atoms with van der Waals surface area (Å²) in [6.45, 7) is 0. The fourth-order valence-electron chi connectivity index (χ4n) is 2.23. The van der Waals surface area contributed by atoms with Gasteiger partial charge in [0.25, 0.3) is 5.56 Å². The average Bonchev–Trinajstić information content (AvgIpc) is 2.42. The van der Waals surface area contributed by atoms with Crippen molar-refractivity contribution in [2.24, 2.45) is 0 Å². The van der Waals surface area contributed by atoms with E-state index in [9.17, 15) is 37.8 Å². The number of hydrogen-bond donors (Lipinski definition) is 4. The van der Waals surface area contributed by atoms with Crippen molar-refractivity contribution in [1.29, 1.82) is 0 Å². The van der Waals surface area contributed by atoms with E-state index in [-0.39, 0.29) is 10.0 Å². The molecule has 2 rings (SSSR count). The molecule has 0 atom stereocenters. The third-order valence-corrected chi connectivity index (χ3v) is 3.52. The molecule has 12 heteroatoms. The van der Waals surface area contributed by atoms with E-state index in [1.165, 1.54) is 0 Å². The van der Waals surface area contributed by atoms with Crippen LogP contribution < -0.4 is 16.0 Å². The zero-order valence-electron chi connectivity index (χ0n) is 12.3. The number of nitrogens with one attached hydrogen (secondary N) is 1. The number of H-pyrrole nitrogens is 1. The molecule has 0 spiro atoms. The Labute approximate surface area is 150 Å². The van der Waals surface area contributed by atoms with E-state index in [1.54, 1.807) is 0 Å². The van der Waals surface area contributed by atoms with Crippen molar-refractivity contribution in [3.63, 3.8) is 0 Å². The van der Waals surface area contributed by atoms with Crippen LogP contribution in [0.2, 0.25) is 0 Å². The van der Waals surface area contributed by atoms with E-state index < -0.39 is 52.1 Å². The number of benzene rings is 1. The molecule has 1 heterocycles. The molecule has 0 fully saturated rings. The molecule has 138 valence electrons. The second-order valence-electron chi connectivity index (χ2n) is 4.83. The van der Waals surface area contributed by atoms with Crippen molar-refractivity contribution in [2.45, 2.75) is 6.36 Å². The second-order valence-corrected chi connectivity index (χ2v) is 5.74. The number of nitrogens with two attached hydrogens (primary N) is 1. The largest absolute Gasteiger partial charge is 0.573 e. The highest BCUT2D eigenvalue weighted by molar-refractivity contribution is 9.10. The van der Waals surface area contributed by atoms with E-state index >= 15 is 0 Å². The number of ether oxygens (including phenoxy) is 1. The van der Waals surface area contributed by atoms with Gasteiger partial charge in [-0.15, -0.1) is 13.2 Å². The minimum absolute atomic E-state index is 0.0146. The summed E-state index contributed by atoms with van der Waals surface area (Å²) < 4.78 is 41.1. The van der Waals surface area contributed by atoms with Gasteiger partial charge in [-0.3, -0.25) is 4.79 Å². The molecule has 0 aliphatic rings. The molecule has 1 aromatic heterocycles. The lowest BCUT2D eigenvalue weighted by molar-refractivity contribution is -0.274. The molecular formula is C14H8BrF3N2O6. The highest BCUT2D eigenvalue weighted by Gasteiger charge is 2.32. The molecule has 0 radical (unpaired) electrons. The van der Waals surface area contributed by atoms with Crippen molar-refractivity contribution >= 4 is 33.7 Å². The summed E-state index contributed by atoms with van der Waals surface area (Å²) in [4.78, 5) is 36.7. The molecule has 5 N–H and O–H groups in total. The lowest BCUT2D eigenvalue weighted by Crippen LogP contribution is -2.24. The van der Waals surface area contributed by atoms with Crippen LogP contribution in [0.5, 0.6) is 5.75 Å². The Hall–Kier alpha value is -3.02. The van der Waals surface area contributed by atoms with Gasteiger partial charge in [-0.05, 0) is 23.8 Å². The van der Waals surface area contributed by atoms with Gasteiger partial charge in [0, 0.05) is 10.0 Å². The summed E-state index contributed by atoms with van der Waals surface area (Å²) in [6.07, 6.45) is -5.05. The minimum Gasteiger partial charge on any atom is -0.478 e. The van der Waals surface area contributed by atoms with E-state index in [0.717, 1.165) is 18.2 Å². The van der Waals surface area contributed by atoms with Gasteiger partial charge in [-0.2, -0.15) is 0 Å². The Morgan fingerprint density at radius 3 is 2.19 bits per heavy atom. The molecule has 0 aliphatic heterocycles. The molecule has 0 amide bonds. The van der Waals surface area contributed by atoms with Crippen molar-refractivity contribution in [2.75, 3.05) is 5.73 Å². The topological polar surface area (TPSA) is 143 Å². The van der Waals surface area contributed by atoms with Crippen LogP contribution in [0.4, 0.5) is 19.0 Å². The zero-order valence-corrected chi connectivity index (χ0v) is 13.9. The highest BCUT2D eigenvalue weighted by atomic mass is 79.9. The number of nitrogen functional groups attached to an aromatic ring is 1. The monoisotopic (exact) mass is 436 g/mol. The molecule has 0 aliphatic carbocycles. The lowest BCUT2D eigenvalue weighted by atomic mass is 9.95. The first-order chi connectivity index (χ1) is 11.9. The number of anilines is 1. The molecular weight excluding hydrogens is 429 g/mol. The van der Waals surface area contributed by atoms with E-state index in [1.807, 2.05) is 4.98 Å². The predicted octanol–water partition coefficient (Wildman–Crippen LogP) is 2.68. The van der Waals surface area contributed by atoms with Gasteiger partial charge in [-0.1, -0.05) is 15.9 Å². The number of rotatable bonds is 4. The van der Waals surface area contributed by atoms with Crippen LogP contribution in [0.1, 0.15) is 20.7 Å². The third-order valence-electron chi connectivity index (χ3n) is 3.07. The maximum absolute atomic E-state index is 12.4. The summed E-state index contributed by atoms with van der Waals surface area (Å²) in [5.41, 5.74) is 1.49. The van der Waals surface area contributed by atoms with Gasteiger partial charge in [0.05, 0.1) is 0 Å². The molecule has 1 aromatic carbocycles. The number of carboxylic acids is 2. The van der Waals surface area contributed by atoms with E-state index in [2.05, 4.69) is 20.7 Å². The Morgan fingerprint density at radius 2 is 1.69 bits per heavy atom. The number of aromatic nitrogens is 1.